The van der Waals surface area contributed by atoms with E-state index in [1.807, 2.05) is 6.07 Å². The van der Waals surface area contributed by atoms with Gasteiger partial charge in [-0.1, -0.05) is 35.5 Å². The minimum atomic E-state index is -0.539. The third kappa shape index (κ3) is 2.64. The molecule has 0 saturated heterocycles. The maximum atomic E-state index is 14.3. The van der Waals surface area contributed by atoms with E-state index in [-0.39, 0.29) is 27.6 Å². The van der Waals surface area contributed by atoms with Crippen LogP contribution in [0.1, 0.15) is 5.69 Å². The van der Waals surface area contributed by atoms with Crippen molar-refractivity contribution < 1.29 is 13.8 Å². The number of aromatic nitrogens is 2. The second-order valence-electron chi connectivity index (χ2n) is 5.11. The van der Waals surface area contributed by atoms with Crippen LogP contribution in [0.3, 0.4) is 0 Å². The van der Waals surface area contributed by atoms with Crippen LogP contribution < -0.4 is 16.1 Å². The molecule has 3 aromatic rings. The van der Waals surface area contributed by atoms with E-state index in [9.17, 15) is 4.39 Å². The third-order valence-corrected chi connectivity index (χ3v) is 3.86. The molecular weight excluding hydrogens is 347 g/mol. The molecule has 0 atom stereocenters. The lowest BCUT2D eigenvalue weighted by Gasteiger charge is -2.02. The molecule has 0 radical (unpaired) electrons. The molecule has 2 aromatic heterocycles. The number of nitrogens with zero attached hydrogens (tertiary/aromatic N) is 3. The van der Waals surface area contributed by atoms with Crippen LogP contribution in [0, 0.1) is 5.82 Å². The summed E-state index contributed by atoms with van der Waals surface area (Å²) >= 11 is 6.12. The molecule has 0 unspecified atom stereocenters. The first-order chi connectivity index (χ1) is 12.1. The molecular formula is C17H10ClFN4O2. The minimum absolute atomic E-state index is 0.0930. The van der Waals surface area contributed by atoms with E-state index in [1.165, 1.54) is 12.1 Å². The van der Waals surface area contributed by atoms with Crippen LogP contribution in [-0.4, -0.2) is 16.0 Å². The highest BCUT2D eigenvalue weighted by Gasteiger charge is 2.22. The molecule has 1 aliphatic heterocycles. The fourth-order valence-electron chi connectivity index (χ4n) is 2.40. The van der Waals surface area contributed by atoms with Gasteiger partial charge in [0.05, 0.1) is 10.6 Å². The standard InChI is InChI=1S/C17H10ClFN4O2/c1-9-13(15(22-24-9)14-10(18)5-4-6-11(14)19)17-21-16(23-25-17)12-7-2-3-8-20-12/h2-8H,1H2,(H,21,23). The van der Waals surface area contributed by atoms with Crippen LogP contribution in [0.15, 0.2) is 52.1 Å². The van der Waals surface area contributed by atoms with Crippen LogP contribution >= 0.6 is 11.6 Å². The van der Waals surface area contributed by atoms with Crippen LogP contribution in [0.25, 0.3) is 23.7 Å². The predicted molar refractivity (Wildman–Crippen MR) is 90.1 cm³/mol. The van der Waals surface area contributed by atoms with Gasteiger partial charge >= 0.3 is 0 Å². The number of hydrogen-bond donors (Lipinski definition) is 1. The first kappa shape index (κ1) is 15.3. The number of hydrogen-bond acceptors (Lipinski definition) is 6. The predicted octanol–water partition coefficient (Wildman–Crippen LogP) is 1.99. The summed E-state index contributed by atoms with van der Waals surface area (Å²) in [6, 6.07) is 9.72. The molecule has 0 fully saturated rings. The number of pyridine rings is 1. The third-order valence-electron chi connectivity index (χ3n) is 3.54. The van der Waals surface area contributed by atoms with Crippen LogP contribution in [0.2, 0.25) is 5.02 Å². The van der Waals surface area contributed by atoms with E-state index in [0.29, 0.717) is 16.7 Å². The summed E-state index contributed by atoms with van der Waals surface area (Å²) in [5.74, 6) is 0.00513. The Kier molecular flexibility index (Phi) is 3.70. The zero-order chi connectivity index (χ0) is 17.4. The lowest BCUT2D eigenvalue weighted by molar-refractivity contribution is 0.229. The van der Waals surface area contributed by atoms with Gasteiger partial charge in [0.25, 0.3) is 5.88 Å². The summed E-state index contributed by atoms with van der Waals surface area (Å²) in [5.41, 5.74) is 3.69. The SMILES string of the molecule is C=c1onc(-c2c(F)cccc2Cl)c1=C1N=C(c2ccccn2)NO1. The summed E-state index contributed by atoms with van der Waals surface area (Å²) in [6.07, 6.45) is 1.63. The monoisotopic (exact) mass is 356 g/mol. The molecule has 4 rings (SSSR count). The largest absolute Gasteiger partial charge is 0.359 e. The van der Waals surface area contributed by atoms with Gasteiger partial charge in [-0.25, -0.2) is 4.39 Å². The number of halogens is 2. The van der Waals surface area contributed by atoms with E-state index < -0.39 is 5.82 Å². The molecule has 0 spiro atoms. The first-order valence-corrected chi connectivity index (χ1v) is 7.59. The quantitative estimate of drug-likeness (QED) is 0.760. The Morgan fingerprint density at radius 2 is 2.04 bits per heavy atom. The summed E-state index contributed by atoms with van der Waals surface area (Å²) in [6.45, 7) is 3.76. The van der Waals surface area contributed by atoms with Gasteiger partial charge in [0.15, 0.2) is 11.3 Å². The van der Waals surface area contributed by atoms with Crippen molar-refractivity contribution in [1.82, 2.24) is 15.6 Å². The summed E-state index contributed by atoms with van der Waals surface area (Å²) in [4.78, 5) is 13.9. The molecule has 0 saturated carbocycles. The lowest BCUT2D eigenvalue weighted by atomic mass is 10.1. The van der Waals surface area contributed by atoms with E-state index in [2.05, 4.69) is 27.2 Å². The Morgan fingerprint density at radius 1 is 1.16 bits per heavy atom. The number of rotatable bonds is 2. The van der Waals surface area contributed by atoms with Gasteiger partial charge in [-0.15, -0.1) is 0 Å². The molecule has 1 N–H and O–H groups in total. The van der Waals surface area contributed by atoms with E-state index in [4.69, 9.17) is 21.0 Å². The van der Waals surface area contributed by atoms with Gasteiger partial charge in [0, 0.05) is 6.20 Å². The maximum Gasteiger partial charge on any atom is 0.261 e. The molecule has 124 valence electrons. The average molecular weight is 357 g/mol. The number of nitrogens with one attached hydrogen (secondary N) is 1. The smallest absolute Gasteiger partial charge is 0.261 e. The van der Waals surface area contributed by atoms with Crippen LogP contribution in [-0.2, 0) is 4.84 Å². The molecule has 0 amide bonds. The normalized spacial score (nSPS) is 15.5. The molecule has 1 aliphatic rings. The molecule has 0 bridgehead atoms. The Morgan fingerprint density at radius 3 is 2.80 bits per heavy atom. The average Bonchev–Trinajstić information content (AvgIpc) is 3.23. The second-order valence-corrected chi connectivity index (χ2v) is 5.52. The molecule has 6 nitrogen and oxygen atoms in total. The molecule has 8 heteroatoms. The zero-order valence-corrected chi connectivity index (χ0v) is 13.4. The van der Waals surface area contributed by atoms with Crippen molar-refractivity contribution in [2.75, 3.05) is 0 Å². The second kappa shape index (κ2) is 6.03. The van der Waals surface area contributed by atoms with Crippen molar-refractivity contribution in [2.24, 2.45) is 4.99 Å². The fourth-order valence-corrected chi connectivity index (χ4v) is 2.66. The van der Waals surface area contributed by atoms with Crippen molar-refractivity contribution in [3.05, 3.63) is 69.8 Å². The van der Waals surface area contributed by atoms with Crippen molar-refractivity contribution in [3.8, 4) is 11.3 Å². The van der Waals surface area contributed by atoms with Crippen LogP contribution in [0.4, 0.5) is 4.39 Å². The van der Waals surface area contributed by atoms with Gasteiger partial charge in [-0.05, 0) is 24.3 Å². The Bertz CT molecular complexity index is 1080. The summed E-state index contributed by atoms with van der Waals surface area (Å²) < 4.78 is 19.4. The zero-order valence-electron chi connectivity index (χ0n) is 12.7. The highest BCUT2D eigenvalue weighted by Crippen LogP contribution is 2.27. The number of hydroxylamine groups is 1. The van der Waals surface area contributed by atoms with E-state index in [1.54, 1.807) is 24.4 Å². The topological polar surface area (TPSA) is 72.5 Å². The van der Waals surface area contributed by atoms with Crippen molar-refractivity contribution in [2.45, 2.75) is 0 Å². The fraction of sp³-hybridized carbons (Fsp3) is 0. The maximum absolute atomic E-state index is 14.3. The van der Waals surface area contributed by atoms with Crippen LogP contribution in [0.5, 0.6) is 0 Å². The Hall–Kier alpha value is -3.19. The van der Waals surface area contributed by atoms with Gasteiger partial charge in [0.2, 0.25) is 0 Å². The Labute approximate surface area is 145 Å². The van der Waals surface area contributed by atoms with Crippen molar-refractivity contribution in [3.63, 3.8) is 0 Å². The minimum Gasteiger partial charge on any atom is -0.359 e. The summed E-state index contributed by atoms with van der Waals surface area (Å²) in [7, 11) is 0. The van der Waals surface area contributed by atoms with Crippen molar-refractivity contribution in [1.29, 1.82) is 0 Å². The number of amidine groups is 1. The highest BCUT2D eigenvalue weighted by molar-refractivity contribution is 6.33. The summed E-state index contributed by atoms with van der Waals surface area (Å²) in [5, 5.41) is 4.37. The van der Waals surface area contributed by atoms with Gasteiger partial charge < -0.3 is 9.36 Å². The van der Waals surface area contributed by atoms with Gasteiger partial charge in [-0.3, -0.25) is 4.98 Å². The van der Waals surface area contributed by atoms with E-state index >= 15 is 0 Å². The first-order valence-electron chi connectivity index (χ1n) is 7.21. The lowest BCUT2D eigenvalue weighted by Crippen LogP contribution is -2.24. The van der Waals surface area contributed by atoms with Crippen molar-refractivity contribution >= 4 is 29.9 Å². The molecule has 25 heavy (non-hydrogen) atoms. The number of benzene rings is 1. The highest BCUT2D eigenvalue weighted by atomic mass is 35.5. The molecule has 3 heterocycles. The van der Waals surface area contributed by atoms with Gasteiger partial charge in [-0.2, -0.15) is 10.5 Å². The molecule has 1 aromatic carbocycles. The van der Waals surface area contributed by atoms with Gasteiger partial charge in [0.1, 0.15) is 22.4 Å². The Balaban J connectivity index is 1.93. The van der Waals surface area contributed by atoms with E-state index in [0.717, 1.165) is 0 Å². The molecule has 0 aliphatic carbocycles. The number of aliphatic imine (C=N–C) groups is 1.